The van der Waals surface area contributed by atoms with E-state index in [-0.39, 0.29) is 11.9 Å². The molecule has 1 heterocycles. The Morgan fingerprint density at radius 2 is 2.28 bits per heavy atom. The first kappa shape index (κ1) is 13.4. The number of thioether (sulfide) groups is 1. The van der Waals surface area contributed by atoms with Gasteiger partial charge in [-0.1, -0.05) is 25.1 Å². The fourth-order valence-corrected chi connectivity index (χ4v) is 2.99. The van der Waals surface area contributed by atoms with Gasteiger partial charge >= 0.3 is 0 Å². The van der Waals surface area contributed by atoms with E-state index in [1.165, 1.54) is 4.90 Å². The third kappa shape index (κ3) is 4.03. The van der Waals surface area contributed by atoms with Crippen LogP contribution in [0.5, 0.6) is 0 Å². The summed E-state index contributed by atoms with van der Waals surface area (Å²) in [5.41, 5.74) is 0. The van der Waals surface area contributed by atoms with Gasteiger partial charge in [-0.2, -0.15) is 0 Å². The maximum Gasteiger partial charge on any atom is 0.237 e. The van der Waals surface area contributed by atoms with Crippen molar-refractivity contribution >= 4 is 17.7 Å². The second kappa shape index (κ2) is 6.81. The van der Waals surface area contributed by atoms with E-state index in [4.69, 9.17) is 0 Å². The SMILES string of the molecule is CC(CNC(=O)C1CCCN1)Sc1ccccc1. The average molecular weight is 264 g/mol. The summed E-state index contributed by atoms with van der Waals surface area (Å²) in [6.07, 6.45) is 2.07. The Morgan fingerprint density at radius 1 is 1.50 bits per heavy atom. The molecule has 1 aliphatic heterocycles. The maximum absolute atomic E-state index is 11.8. The molecule has 0 aliphatic carbocycles. The third-order valence-electron chi connectivity index (χ3n) is 3.02. The van der Waals surface area contributed by atoms with E-state index in [2.05, 4.69) is 29.7 Å². The summed E-state index contributed by atoms with van der Waals surface area (Å²) in [4.78, 5) is 13.1. The molecule has 18 heavy (non-hydrogen) atoms. The van der Waals surface area contributed by atoms with Gasteiger partial charge in [-0.25, -0.2) is 0 Å². The van der Waals surface area contributed by atoms with Crippen LogP contribution in [-0.4, -0.2) is 30.3 Å². The Balaban J connectivity index is 1.71. The van der Waals surface area contributed by atoms with Gasteiger partial charge in [0.05, 0.1) is 6.04 Å². The van der Waals surface area contributed by atoms with Gasteiger partial charge in [0.1, 0.15) is 0 Å². The summed E-state index contributed by atoms with van der Waals surface area (Å²) < 4.78 is 0. The van der Waals surface area contributed by atoms with E-state index in [1.54, 1.807) is 11.8 Å². The highest BCUT2D eigenvalue weighted by Gasteiger charge is 2.21. The first-order valence-corrected chi connectivity index (χ1v) is 7.36. The molecule has 2 unspecified atom stereocenters. The third-order valence-corrected chi connectivity index (χ3v) is 4.13. The molecule has 2 N–H and O–H groups in total. The fraction of sp³-hybridized carbons (Fsp3) is 0.500. The Morgan fingerprint density at radius 3 is 2.94 bits per heavy atom. The quantitative estimate of drug-likeness (QED) is 0.800. The summed E-state index contributed by atoms with van der Waals surface area (Å²) in [6.45, 7) is 3.82. The number of hydrogen-bond acceptors (Lipinski definition) is 3. The summed E-state index contributed by atoms with van der Waals surface area (Å²) >= 11 is 1.79. The van der Waals surface area contributed by atoms with Crippen LogP contribution in [0.2, 0.25) is 0 Å². The highest BCUT2D eigenvalue weighted by atomic mass is 32.2. The zero-order valence-electron chi connectivity index (χ0n) is 10.7. The van der Waals surface area contributed by atoms with Crippen molar-refractivity contribution in [2.45, 2.75) is 36.0 Å². The second-order valence-electron chi connectivity index (χ2n) is 4.64. The van der Waals surface area contributed by atoms with E-state index in [0.29, 0.717) is 5.25 Å². The minimum absolute atomic E-state index is 0.0268. The van der Waals surface area contributed by atoms with Gasteiger partial charge in [0.15, 0.2) is 0 Å². The molecule has 1 aromatic carbocycles. The van der Waals surface area contributed by atoms with Gasteiger partial charge < -0.3 is 10.6 Å². The van der Waals surface area contributed by atoms with E-state index in [0.717, 1.165) is 25.9 Å². The molecule has 1 aliphatic rings. The molecule has 2 atom stereocenters. The van der Waals surface area contributed by atoms with Crippen molar-refractivity contribution in [3.05, 3.63) is 30.3 Å². The molecule has 0 saturated carbocycles. The van der Waals surface area contributed by atoms with Crippen LogP contribution in [0.25, 0.3) is 0 Å². The zero-order chi connectivity index (χ0) is 12.8. The standard InChI is InChI=1S/C14H20N2OS/c1-11(18-12-6-3-2-4-7-12)10-16-14(17)13-8-5-9-15-13/h2-4,6-7,11,13,15H,5,8-10H2,1H3,(H,16,17). The Bertz CT molecular complexity index is 377. The summed E-state index contributed by atoms with van der Waals surface area (Å²) in [5.74, 6) is 0.146. The predicted octanol–water partition coefficient (Wildman–Crippen LogP) is 2.04. The van der Waals surface area contributed by atoms with Crippen LogP contribution >= 0.6 is 11.8 Å². The van der Waals surface area contributed by atoms with E-state index in [1.807, 2.05) is 18.2 Å². The molecular weight excluding hydrogens is 244 g/mol. The predicted molar refractivity (Wildman–Crippen MR) is 75.8 cm³/mol. The molecule has 3 nitrogen and oxygen atoms in total. The van der Waals surface area contributed by atoms with Crippen LogP contribution in [-0.2, 0) is 4.79 Å². The lowest BCUT2D eigenvalue weighted by molar-refractivity contribution is -0.122. The number of benzene rings is 1. The molecule has 2 rings (SSSR count). The zero-order valence-corrected chi connectivity index (χ0v) is 11.5. The minimum Gasteiger partial charge on any atom is -0.354 e. The first-order valence-electron chi connectivity index (χ1n) is 6.48. The van der Waals surface area contributed by atoms with Gasteiger partial charge in [-0.15, -0.1) is 11.8 Å². The van der Waals surface area contributed by atoms with Crippen LogP contribution in [0.4, 0.5) is 0 Å². The molecule has 98 valence electrons. The lowest BCUT2D eigenvalue weighted by Crippen LogP contribution is -2.42. The van der Waals surface area contributed by atoms with Crippen LogP contribution in [0.15, 0.2) is 35.2 Å². The van der Waals surface area contributed by atoms with Crippen molar-refractivity contribution in [3.63, 3.8) is 0 Å². The van der Waals surface area contributed by atoms with Crippen LogP contribution in [0.3, 0.4) is 0 Å². The van der Waals surface area contributed by atoms with E-state index in [9.17, 15) is 4.79 Å². The molecule has 4 heteroatoms. The number of nitrogens with one attached hydrogen (secondary N) is 2. The molecule has 1 amide bonds. The first-order chi connectivity index (χ1) is 8.75. The summed E-state index contributed by atoms with van der Waals surface area (Å²) in [5, 5.41) is 6.62. The minimum atomic E-state index is 0.0268. The van der Waals surface area contributed by atoms with E-state index < -0.39 is 0 Å². The van der Waals surface area contributed by atoms with E-state index >= 15 is 0 Å². The molecule has 0 radical (unpaired) electrons. The largest absolute Gasteiger partial charge is 0.354 e. The summed E-state index contributed by atoms with van der Waals surface area (Å²) in [7, 11) is 0. The maximum atomic E-state index is 11.8. The summed E-state index contributed by atoms with van der Waals surface area (Å²) in [6, 6.07) is 10.3. The number of carbonyl (C=O) groups is 1. The Labute approximate surface area is 113 Å². The molecule has 0 spiro atoms. The molecule has 1 saturated heterocycles. The number of hydrogen-bond donors (Lipinski definition) is 2. The second-order valence-corrected chi connectivity index (χ2v) is 6.15. The average Bonchev–Trinajstić information content (AvgIpc) is 2.91. The lowest BCUT2D eigenvalue weighted by Gasteiger charge is -2.15. The lowest BCUT2D eigenvalue weighted by atomic mass is 10.2. The number of carbonyl (C=O) groups excluding carboxylic acids is 1. The highest BCUT2D eigenvalue weighted by Crippen LogP contribution is 2.21. The number of rotatable bonds is 5. The van der Waals surface area contributed by atoms with Crippen molar-refractivity contribution in [1.29, 1.82) is 0 Å². The van der Waals surface area contributed by atoms with Crippen molar-refractivity contribution in [1.82, 2.24) is 10.6 Å². The Hall–Kier alpha value is -1.00. The van der Waals surface area contributed by atoms with Crippen molar-refractivity contribution in [3.8, 4) is 0 Å². The number of amides is 1. The molecule has 1 aromatic rings. The van der Waals surface area contributed by atoms with Crippen molar-refractivity contribution < 1.29 is 4.79 Å². The van der Waals surface area contributed by atoms with Crippen molar-refractivity contribution in [2.75, 3.05) is 13.1 Å². The molecule has 1 fully saturated rings. The van der Waals surface area contributed by atoms with Gasteiger partial charge in [-0.3, -0.25) is 4.79 Å². The smallest absolute Gasteiger partial charge is 0.237 e. The monoisotopic (exact) mass is 264 g/mol. The molecule has 0 aromatic heterocycles. The van der Waals surface area contributed by atoms with Crippen LogP contribution in [0.1, 0.15) is 19.8 Å². The van der Waals surface area contributed by atoms with Gasteiger partial charge in [0.2, 0.25) is 5.91 Å². The van der Waals surface area contributed by atoms with Crippen LogP contribution < -0.4 is 10.6 Å². The fourth-order valence-electron chi connectivity index (χ4n) is 2.05. The molecular formula is C14H20N2OS. The Kier molecular flexibility index (Phi) is 5.08. The van der Waals surface area contributed by atoms with Gasteiger partial charge in [0, 0.05) is 16.7 Å². The van der Waals surface area contributed by atoms with Gasteiger partial charge in [-0.05, 0) is 31.5 Å². The normalized spacial score (nSPS) is 20.6. The van der Waals surface area contributed by atoms with Crippen LogP contribution in [0, 0.1) is 0 Å². The topological polar surface area (TPSA) is 41.1 Å². The van der Waals surface area contributed by atoms with Crippen molar-refractivity contribution in [2.24, 2.45) is 0 Å². The highest BCUT2D eigenvalue weighted by molar-refractivity contribution is 8.00. The molecule has 0 bridgehead atoms. The van der Waals surface area contributed by atoms with Gasteiger partial charge in [0.25, 0.3) is 0 Å².